The van der Waals surface area contributed by atoms with E-state index in [0.29, 0.717) is 11.4 Å². The number of ether oxygens (including phenoxy) is 1. The second-order valence-corrected chi connectivity index (χ2v) is 5.87. The van der Waals surface area contributed by atoms with E-state index >= 15 is 0 Å². The molecular weight excluding hydrogens is 316 g/mol. The monoisotopic (exact) mass is 334 g/mol. The number of benzene rings is 2. The topological polar surface area (TPSA) is 73.6 Å². The van der Waals surface area contributed by atoms with Crippen LogP contribution in [0.15, 0.2) is 66.7 Å². The van der Waals surface area contributed by atoms with E-state index < -0.39 is 18.1 Å². The third kappa shape index (κ3) is 2.88. The van der Waals surface area contributed by atoms with Gasteiger partial charge in [-0.2, -0.15) is 5.26 Å². The van der Waals surface area contributed by atoms with Crippen molar-refractivity contribution < 1.29 is 14.6 Å². The number of methoxy groups -OCH3 is 1. The summed E-state index contributed by atoms with van der Waals surface area (Å²) in [6.07, 6.45) is -1.13. The Morgan fingerprint density at radius 2 is 1.88 bits per heavy atom. The van der Waals surface area contributed by atoms with E-state index in [0.717, 1.165) is 5.56 Å². The molecule has 1 aliphatic heterocycles. The molecule has 0 aromatic heterocycles. The van der Waals surface area contributed by atoms with Gasteiger partial charge >= 0.3 is 0 Å². The molecule has 0 unspecified atom stereocenters. The third-order valence-electron chi connectivity index (χ3n) is 4.48. The van der Waals surface area contributed by atoms with Crippen molar-refractivity contribution in [2.45, 2.75) is 18.1 Å². The molecule has 0 spiro atoms. The van der Waals surface area contributed by atoms with Gasteiger partial charge in [-0.1, -0.05) is 36.9 Å². The van der Waals surface area contributed by atoms with Crippen LogP contribution in [0.4, 0.5) is 5.69 Å². The van der Waals surface area contributed by atoms with Crippen LogP contribution in [-0.4, -0.2) is 30.3 Å². The summed E-state index contributed by atoms with van der Waals surface area (Å²) in [6, 6.07) is 17.6. The Balaban J connectivity index is 1.98. The number of hydrogen-bond donors (Lipinski definition) is 1. The Hall–Kier alpha value is -3.10. The molecule has 3 atom stereocenters. The molecule has 25 heavy (non-hydrogen) atoms. The standard InChI is InChI=1S/C20H18N2O3/c1-13(12-21)19(23)18-17(14-6-4-3-5-7-14)20(24)22(18)15-8-10-16(25-2)11-9-15/h3-11,17-19,23H,1H2,2H3/t17-,18+,19+/m1/s1. The summed E-state index contributed by atoms with van der Waals surface area (Å²) in [5.74, 6) is 0.0458. The average Bonchev–Trinajstić information content (AvgIpc) is 2.66. The van der Waals surface area contributed by atoms with E-state index in [9.17, 15) is 9.90 Å². The number of carbonyl (C=O) groups is 1. The van der Waals surface area contributed by atoms with E-state index in [1.165, 1.54) is 4.90 Å². The van der Waals surface area contributed by atoms with Crippen molar-refractivity contribution in [1.82, 2.24) is 0 Å². The largest absolute Gasteiger partial charge is 0.497 e. The van der Waals surface area contributed by atoms with Gasteiger partial charge in [-0.15, -0.1) is 0 Å². The van der Waals surface area contributed by atoms with Crippen molar-refractivity contribution in [2.75, 3.05) is 12.0 Å². The molecule has 126 valence electrons. The molecule has 1 N–H and O–H groups in total. The number of anilines is 1. The van der Waals surface area contributed by atoms with Gasteiger partial charge in [0.2, 0.25) is 5.91 Å². The average molecular weight is 334 g/mol. The minimum absolute atomic E-state index is 0.0388. The van der Waals surface area contributed by atoms with Gasteiger partial charge in [0, 0.05) is 5.69 Å². The summed E-state index contributed by atoms with van der Waals surface area (Å²) in [5, 5.41) is 19.7. The van der Waals surface area contributed by atoms with Crippen LogP contribution in [0.25, 0.3) is 0 Å². The van der Waals surface area contributed by atoms with Gasteiger partial charge in [-0.3, -0.25) is 4.79 Å². The van der Waals surface area contributed by atoms with Gasteiger partial charge in [0.25, 0.3) is 0 Å². The minimum atomic E-state index is -1.13. The van der Waals surface area contributed by atoms with E-state index in [1.807, 2.05) is 36.4 Å². The third-order valence-corrected chi connectivity index (χ3v) is 4.48. The quantitative estimate of drug-likeness (QED) is 0.674. The van der Waals surface area contributed by atoms with Crippen LogP contribution in [-0.2, 0) is 4.79 Å². The molecule has 1 fully saturated rings. The fourth-order valence-electron chi connectivity index (χ4n) is 3.15. The number of β-lactam (4-membered cyclic amide) rings is 1. The number of hydrogen-bond acceptors (Lipinski definition) is 4. The van der Waals surface area contributed by atoms with E-state index in [4.69, 9.17) is 10.00 Å². The number of nitrogens with zero attached hydrogens (tertiary/aromatic N) is 2. The first-order chi connectivity index (χ1) is 12.1. The number of aliphatic hydroxyl groups is 1. The predicted octanol–water partition coefficient (Wildman–Crippen LogP) is 2.63. The second-order valence-electron chi connectivity index (χ2n) is 5.87. The van der Waals surface area contributed by atoms with Crippen LogP contribution >= 0.6 is 0 Å². The number of nitriles is 1. The highest BCUT2D eigenvalue weighted by atomic mass is 16.5. The van der Waals surface area contributed by atoms with Gasteiger partial charge in [-0.25, -0.2) is 0 Å². The molecule has 0 bridgehead atoms. The maximum atomic E-state index is 12.8. The number of amides is 1. The molecule has 2 aromatic carbocycles. The first-order valence-electron chi connectivity index (χ1n) is 7.87. The maximum absolute atomic E-state index is 12.8. The van der Waals surface area contributed by atoms with E-state index in [-0.39, 0.29) is 11.5 Å². The van der Waals surface area contributed by atoms with Gasteiger partial charge in [0.1, 0.15) is 11.9 Å². The highest BCUT2D eigenvalue weighted by Crippen LogP contribution is 2.42. The van der Waals surface area contributed by atoms with Crippen molar-refractivity contribution >= 4 is 11.6 Å². The lowest BCUT2D eigenvalue weighted by Gasteiger charge is -2.49. The summed E-state index contributed by atoms with van der Waals surface area (Å²) in [4.78, 5) is 14.3. The Bertz CT molecular complexity index is 824. The molecule has 5 heteroatoms. The number of aliphatic hydroxyl groups excluding tert-OH is 1. The molecule has 2 aromatic rings. The van der Waals surface area contributed by atoms with Gasteiger partial charge < -0.3 is 14.7 Å². The molecule has 1 aliphatic rings. The summed E-state index contributed by atoms with van der Waals surface area (Å²) in [7, 11) is 1.57. The van der Waals surface area contributed by atoms with Crippen molar-refractivity contribution in [3.63, 3.8) is 0 Å². The lowest BCUT2D eigenvalue weighted by molar-refractivity contribution is -0.128. The first kappa shape index (κ1) is 16.7. The highest BCUT2D eigenvalue weighted by Gasteiger charge is 2.52. The van der Waals surface area contributed by atoms with Crippen LogP contribution < -0.4 is 9.64 Å². The van der Waals surface area contributed by atoms with Crippen LogP contribution in [0, 0.1) is 11.3 Å². The lowest BCUT2D eigenvalue weighted by atomic mass is 9.76. The van der Waals surface area contributed by atoms with Crippen molar-refractivity contribution in [1.29, 1.82) is 5.26 Å². The zero-order valence-electron chi connectivity index (χ0n) is 13.8. The molecule has 0 radical (unpaired) electrons. The summed E-state index contributed by atoms with van der Waals surface area (Å²) in [5.41, 5.74) is 1.50. The van der Waals surface area contributed by atoms with Crippen LogP contribution in [0.3, 0.4) is 0 Å². The van der Waals surface area contributed by atoms with Crippen molar-refractivity contribution in [3.05, 3.63) is 72.3 Å². The fraction of sp³-hybridized carbons (Fsp3) is 0.200. The smallest absolute Gasteiger partial charge is 0.237 e. The van der Waals surface area contributed by atoms with Gasteiger partial charge in [0.05, 0.1) is 30.7 Å². The SMILES string of the molecule is C=C(C#N)[C@H](O)[C@@H]1[C@@H](c2ccccc2)C(=O)N1c1ccc(OC)cc1. The number of carbonyl (C=O) groups excluding carboxylic acids is 1. The molecule has 1 amide bonds. The fourth-order valence-corrected chi connectivity index (χ4v) is 3.15. The zero-order chi connectivity index (χ0) is 18.0. The minimum Gasteiger partial charge on any atom is -0.497 e. The Morgan fingerprint density at radius 1 is 1.24 bits per heavy atom. The van der Waals surface area contributed by atoms with Crippen molar-refractivity contribution in [2.24, 2.45) is 0 Å². The van der Waals surface area contributed by atoms with Crippen LogP contribution in [0.1, 0.15) is 11.5 Å². The molecule has 3 rings (SSSR count). The van der Waals surface area contributed by atoms with E-state index in [1.54, 1.807) is 31.4 Å². The summed E-state index contributed by atoms with van der Waals surface area (Å²) in [6.45, 7) is 3.62. The Morgan fingerprint density at radius 3 is 2.44 bits per heavy atom. The maximum Gasteiger partial charge on any atom is 0.237 e. The molecule has 1 heterocycles. The van der Waals surface area contributed by atoms with Gasteiger partial charge in [-0.05, 0) is 29.8 Å². The zero-order valence-corrected chi connectivity index (χ0v) is 13.8. The molecular formula is C20H18N2O3. The molecule has 0 aliphatic carbocycles. The lowest BCUT2D eigenvalue weighted by Crippen LogP contribution is -2.64. The highest BCUT2D eigenvalue weighted by molar-refractivity contribution is 6.06. The van der Waals surface area contributed by atoms with E-state index in [2.05, 4.69) is 6.58 Å². The van der Waals surface area contributed by atoms with Crippen LogP contribution in [0.5, 0.6) is 5.75 Å². The molecule has 0 saturated carbocycles. The van der Waals surface area contributed by atoms with Gasteiger partial charge in [0.15, 0.2) is 0 Å². The normalized spacial score (nSPS) is 20.4. The Kier molecular flexibility index (Phi) is 4.55. The second kappa shape index (κ2) is 6.80. The van der Waals surface area contributed by atoms with Crippen LogP contribution in [0.2, 0.25) is 0 Å². The summed E-state index contributed by atoms with van der Waals surface area (Å²) < 4.78 is 5.14. The molecule has 1 saturated heterocycles. The molecule has 5 nitrogen and oxygen atoms in total. The summed E-state index contributed by atoms with van der Waals surface area (Å²) >= 11 is 0. The first-order valence-corrected chi connectivity index (χ1v) is 7.87. The number of rotatable bonds is 5. The predicted molar refractivity (Wildman–Crippen MR) is 94.2 cm³/mol. The van der Waals surface area contributed by atoms with Crippen molar-refractivity contribution in [3.8, 4) is 11.8 Å². The Labute approximate surface area is 146 Å².